The van der Waals surface area contributed by atoms with Gasteiger partial charge in [0.05, 0.1) is 23.0 Å². The summed E-state index contributed by atoms with van der Waals surface area (Å²) in [5, 5.41) is 8.97. The molecular formula is C24H22BrNO6S. The highest BCUT2D eigenvalue weighted by molar-refractivity contribution is 9.10. The van der Waals surface area contributed by atoms with Crippen LogP contribution in [0.2, 0.25) is 0 Å². The number of anilines is 1. The highest BCUT2D eigenvalue weighted by atomic mass is 79.9. The predicted molar refractivity (Wildman–Crippen MR) is 130 cm³/mol. The van der Waals surface area contributed by atoms with Crippen molar-refractivity contribution in [1.29, 1.82) is 0 Å². The Balaban J connectivity index is 1.97. The molecule has 0 aliphatic rings. The number of aryl methyl sites for hydroxylation is 1. The summed E-state index contributed by atoms with van der Waals surface area (Å²) in [6, 6.07) is 15.3. The average Bonchev–Trinajstić information content (AvgIpc) is 3.12. The van der Waals surface area contributed by atoms with Gasteiger partial charge in [0.15, 0.2) is 17.2 Å². The van der Waals surface area contributed by atoms with Gasteiger partial charge in [-0.3, -0.25) is 4.79 Å². The maximum Gasteiger partial charge on any atom is 0.351 e. The number of esters is 1. The highest BCUT2D eigenvalue weighted by Gasteiger charge is 2.25. The smallest absolute Gasteiger partial charge is 0.351 e. The summed E-state index contributed by atoms with van der Waals surface area (Å²) >= 11 is 4.58. The average molecular weight is 532 g/mol. The van der Waals surface area contributed by atoms with Crippen LogP contribution in [-0.2, 0) is 20.9 Å². The first-order valence-electron chi connectivity index (χ1n) is 9.90. The number of rotatable bonds is 8. The van der Waals surface area contributed by atoms with Crippen LogP contribution in [0, 0.1) is 6.92 Å². The van der Waals surface area contributed by atoms with E-state index >= 15 is 0 Å². The molecule has 3 rings (SSSR count). The number of carboxylic acids is 1. The number of aliphatic carboxylic acids is 1. The first-order chi connectivity index (χ1) is 15.7. The third kappa shape index (κ3) is 5.80. The number of halogens is 1. The van der Waals surface area contributed by atoms with Crippen LogP contribution >= 0.6 is 27.3 Å². The minimum atomic E-state index is -1.16. The molecule has 0 saturated carbocycles. The van der Waals surface area contributed by atoms with E-state index in [1.807, 2.05) is 55.5 Å². The molecule has 0 aliphatic carbocycles. The van der Waals surface area contributed by atoms with Gasteiger partial charge in [0.2, 0.25) is 5.91 Å². The summed E-state index contributed by atoms with van der Waals surface area (Å²) in [4.78, 5) is 38.1. The summed E-state index contributed by atoms with van der Waals surface area (Å²) in [5.41, 5.74) is 3.57. The largest absolute Gasteiger partial charge is 0.479 e. The number of ether oxygens (including phenoxy) is 2. The van der Waals surface area contributed by atoms with Crippen LogP contribution in [0.4, 0.5) is 5.69 Å². The van der Waals surface area contributed by atoms with Crippen molar-refractivity contribution in [1.82, 2.24) is 0 Å². The molecule has 7 nitrogen and oxygen atoms in total. The molecule has 0 fully saturated rings. The van der Waals surface area contributed by atoms with Crippen LogP contribution in [0.3, 0.4) is 0 Å². The fourth-order valence-corrected chi connectivity index (χ4v) is 5.14. The van der Waals surface area contributed by atoms with Gasteiger partial charge in [-0.05, 0) is 52.2 Å². The van der Waals surface area contributed by atoms with E-state index in [4.69, 9.17) is 14.6 Å². The second kappa shape index (κ2) is 10.6. The third-order valence-electron chi connectivity index (χ3n) is 4.78. The minimum absolute atomic E-state index is 0.0844. The normalized spacial score (nSPS) is 10.5. The molecule has 1 heterocycles. The van der Waals surface area contributed by atoms with Crippen LogP contribution in [0.25, 0.3) is 10.4 Å². The van der Waals surface area contributed by atoms with Gasteiger partial charge in [-0.1, -0.05) is 35.9 Å². The Morgan fingerprint density at radius 3 is 2.42 bits per heavy atom. The lowest BCUT2D eigenvalue weighted by atomic mass is 10.1. The van der Waals surface area contributed by atoms with Crippen molar-refractivity contribution >= 4 is 50.8 Å². The molecule has 3 aromatic rings. The predicted octanol–water partition coefficient (Wildman–Crippen LogP) is 5.29. The van der Waals surface area contributed by atoms with Crippen molar-refractivity contribution in [3.63, 3.8) is 0 Å². The van der Waals surface area contributed by atoms with Gasteiger partial charge >= 0.3 is 11.9 Å². The molecule has 2 aromatic carbocycles. The Morgan fingerprint density at radius 2 is 1.82 bits per heavy atom. The zero-order chi connectivity index (χ0) is 24.1. The first-order valence-corrected chi connectivity index (χ1v) is 11.5. The van der Waals surface area contributed by atoms with Gasteiger partial charge in [0.25, 0.3) is 0 Å². The van der Waals surface area contributed by atoms with Crippen molar-refractivity contribution in [2.45, 2.75) is 20.4 Å². The molecule has 0 aliphatic heterocycles. The van der Waals surface area contributed by atoms with Crippen LogP contribution in [0.15, 0.2) is 53.0 Å². The molecule has 1 amide bonds. The lowest BCUT2D eigenvalue weighted by Crippen LogP contribution is -2.27. The van der Waals surface area contributed by atoms with Crippen LogP contribution in [0.1, 0.15) is 27.7 Å². The van der Waals surface area contributed by atoms with E-state index in [-0.39, 0.29) is 16.5 Å². The Kier molecular flexibility index (Phi) is 7.88. The zero-order valence-corrected chi connectivity index (χ0v) is 20.7. The number of thiophene rings is 1. The lowest BCUT2D eigenvalue weighted by molar-refractivity contribution is -0.139. The van der Waals surface area contributed by atoms with E-state index in [2.05, 4.69) is 15.9 Å². The second-order valence-electron chi connectivity index (χ2n) is 7.22. The van der Waals surface area contributed by atoms with Gasteiger partial charge in [-0.25, -0.2) is 9.59 Å². The van der Waals surface area contributed by atoms with Gasteiger partial charge in [0, 0.05) is 12.6 Å². The first kappa shape index (κ1) is 24.5. The molecular weight excluding hydrogens is 510 g/mol. The number of carboxylic acid groups (broad SMARTS) is 1. The number of methoxy groups -OCH3 is 1. The fourth-order valence-electron chi connectivity index (χ4n) is 3.17. The molecule has 0 unspecified atom stereocenters. The van der Waals surface area contributed by atoms with Gasteiger partial charge in [-0.15, -0.1) is 11.3 Å². The van der Waals surface area contributed by atoms with Crippen molar-refractivity contribution in [2.24, 2.45) is 0 Å². The van der Waals surface area contributed by atoms with E-state index in [9.17, 15) is 14.4 Å². The van der Waals surface area contributed by atoms with Gasteiger partial charge in [-0.2, -0.15) is 0 Å². The number of carbonyl (C=O) groups excluding carboxylic acids is 2. The molecule has 1 aromatic heterocycles. The molecule has 1 N–H and O–H groups in total. The third-order valence-corrected chi connectivity index (χ3v) is 6.99. The second-order valence-corrected chi connectivity index (χ2v) is 9.03. The number of hydrogen-bond donors (Lipinski definition) is 1. The van der Waals surface area contributed by atoms with E-state index < -0.39 is 18.5 Å². The minimum Gasteiger partial charge on any atom is -0.479 e. The Hall–Kier alpha value is -3.17. The van der Waals surface area contributed by atoms with Crippen molar-refractivity contribution in [3.8, 4) is 16.2 Å². The van der Waals surface area contributed by atoms with Crippen molar-refractivity contribution in [3.05, 3.63) is 69.0 Å². The summed E-state index contributed by atoms with van der Waals surface area (Å²) < 4.78 is 10.7. The summed E-state index contributed by atoms with van der Waals surface area (Å²) in [6.45, 7) is 3.28. The number of benzene rings is 2. The fraction of sp³-hybridized carbons (Fsp3) is 0.208. The topological polar surface area (TPSA) is 93.1 Å². The van der Waals surface area contributed by atoms with Crippen LogP contribution in [-0.4, -0.2) is 36.7 Å². The number of carbonyl (C=O) groups is 3. The lowest BCUT2D eigenvalue weighted by Gasteiger charge is -2.22. The SMILES string of the molecule is COC(=O)c1sc(-c2cccc(CN(C(C)=O)c3ccc(C)cc3)c2)c(Br)c1OCC(=O)O. The van der Waals surface area contributed by atoms with E-state index in [1.165, 1.54) is 14.0 Å². The zero-order valence-electron chi connectivity index (χ0n) is 18.3. The van der Waals surface area contributed by atoms with E-state index in [0.29, 0.717) is 15.9 Å². The molecule has 0 saturated heterocycles. The Labute approximate surface area is 203 Å². The molecule has 33 heavy (non-hydrogen) atoms. The van der Waals surface area contributed by atoms with E-state index in [1.54, 1.807) is 4.90 Å². The number of hydrogen-bond acceptors (Lipinski definition) is 6. The quantitative estimate of drug-likeness (QED) is 0.397. The standard InChI is InChI=1S/C24H22BrNO6S/c1-14-7-9-18(10-8-14)26(15(2)27)12-16-5-4-6-17(11-16)22-20(25)21(32-13-19(28)29)23(33-22)24(30)31-3/h4-11H,12-13H2,1-3H3,(H,28,29). The van der Waals surface area contributed by atoms with Crippen LogP contribution < -0.4 is 9.64 Å². The molecule has 0 bridgehead atoms. The Bertz CT molecular complexity index is 1190. The van der Waals surface area contributed by atoms with Crippen LogP contribution in [0.5, 0.6) is 5.75 Å². The van der Waals surface area contributed by atoms with Crippen molar-refractivity contribution < 1.29 is 29.0 Å². The van der Waals surface area contributed by atoms with Gasteiger partial charge in [0.1, 0.15) is 0 Å². The molecule has 9 heteroatoms. The maximum absolute atomic E-state index is 12.3. The monoisotopic (exact) mass is 531 g/mol. The number of nitrogens with zero attached hydrogens (tertiary/aromatic N) is 1. The maximum atomic E-state index is 12.3. The molecule has 0 atom stereocenters. The van der Waals surface area contributed by atoms with E-state index in [0.717, 1.165) is 33.7 Å². The highest BCUT2D eigenvalue weighted by Crippen LogP contribution is 2.46. The molecule has 0 spiro atoms. The number of amides is 1. The van der Waals surface area contributed by atoms with Crippen molar-refractivity contribution in [2.75, 3.05) is 18.6 Å². The summed E-state index contributed by atoms with van der Waals surface area (Å²) in [5.74, 6) is -1.74. The Morgan fingerprint density at radius 1 is 1.12 bits per heavy atom. The molecule has 0 radical (unpaired) electrons. The molecule has 172 valence electrons. The summed E-state index contributed by atoms with van der Waals surface area (Å²) in [6.07, 6.45) is 0. The van der Waals surface area contributed by atoms with Gasteiger partial charge < -0.3 is 19.5 Å². The summed E-state index contributed by atoms with van der Waals surface area (Å²) in [7, 11) is 1.25.